The van der Waals surface area contributed by atoms with Crippen molar-refractivity contribution in [3.8, 4) is 5.75 Å². The van der Waals surface area contributed by atoms with Gasteiger partial charge in [-0.15, -0.1) is 0 Å². The fourth-order valence-corrected chi connectivity index (χ4v) is 2.07. The standard InChI is InChI=1S/C13H19NO3S/c1-17-13-9-7-12(8-10-13)6-4-2-3-5-11-18(14,15)16/h2,4,7-10H,3,5-6,11H2,1H3,(H2,14,15,16). The summed E-state index contributed by atoms with van der Waals surface area (Å²) >= 11 is 0. The molecule has 1 aromatic carbocycles. The molecule has 0 atom stereocenters. The van der Waals surface area contributed by atoms with E-state index in [-0.39, 0.29) is 5.75 Å². The smallest absolute Gasteiger partial charge is 0.209 e. The number of rotatable bonds is 7. The first-order valence-electron chi connectivity index (χ1n) is 5.79. The topological polar surface area (TPSA) is 69.4 Å². The van der Waals surface area contributed by atoms with Crippen molar-refractivity contribution in [2.45, 2.75) is 19.3 Å². The van der Waals surface area contributed by atoms with Gasteiger partial charge in [0, 0.05) is 0 Å². The van der Waals surface area contributed by atoms with E-state index in [9.17, 15) is 8.42 Å². The average Bonchev–Trinajstić information content (AvgIpc) is 2.33. The first-order valence-corrected chi connectivity index (χ1v) is 7.51. The van der Waals surface area contributed by atoms with E-state index in [0.717, 1.165) is 18.6 Å². The largest absolute Gasteiger partial charge is 0.497 e. The Bertz CT molecular complexity index is 477. The van der Waals surface area contributed by atoms with Crippen LogP contribution in [0.3, 0.4) is 0 Å². The van der Waals surface area contributed by atoms with Crippen molar-refractivity contribution < 1.29 is 13.2 Å². The molecule has 100 valence electrons. The number of hydrogen-bond acceptors (Lipinski definition) is 3. The van der Waals surface area contributed by atoms with Crippen LogP contribution in [0.2, 0.25) is 0 Å². The molecule has 0 radical (unpaired) electrons. The molecule has 5 heteroatoms. The molecule has 0 unspecified atom stereocenters. The molecular weight excluding hydrogens is 250 g/mol. The van der Waals surface area contributed by atoms with Gasteiger partial charge in [-0.25, -0.2) is 13.6 Å². The summed E-state index contributed by atoms with van der Waals surface area (Å²) in [6.45, 7) is 0. The summed E-state index contributed by atoms with van der Waals surface area (Å²) in [5.74, 6) is 0.885. The summed E-state index contributed by atoms with van der Waals surface area (Å²) < 4.78 is 26.4. The van der Waals surface area contributed by atoms with Crippen LogP contribution in [0.4, 0.5) is 0 Å². The average molecular weight is 269 g/mol. The summed E-state index contributed by atoms with van der Waals surface area (Å²) in [7, 11) is -1.68. The van der Waals surface area contributed by atoms with Gasteiger partial charge >= 0.3 is 0 Å². The lowest BCUT2D eigenvalue weighted by molar-refractivity contribution is 0.414. The molecule has 1 rings (SSSR count). The van der Waals surface area contributed by atoms with Crippen molar-refractivity contribution in [2.75, 3.05) is 12.9 Å². The monoisotopic (exact) mass is 269 g/mol. The summed E-state index contributed by atoms with van der Waals surface area (Å²) in [5.41, 5.74) is 1.19. The molecule has 0 aromatic heterocycles. The SMILES string of the molecule is COc1ccc(CC=CCCCS(N)(=O)=O)cc1. The Balaban J connectivity index is 2.27. The van der Waals surface area contributed by atoms with Gasteiger partial charge in [-0.05, 0) is 37.0 Å². The minimum Gasteiger partial charge on any atom is -0.497 e. The highest BCUT2D eigenvalue weighted by atomic mass is 32.2. The molecule has 0 spiro atoms. The maximum Gasteiger partial charge on any atom is 0.209 e. The second-order valence-electron chi connectivity index (χ2n) is 4.03. The quantitative estimate of drug-likeness (QED) is 0.607. The molecule has 0 saturated heterocycles. The number of ether oxygens (including phenoxy) is 1. The van der Waals surface area contributed by atoms with E-state index in [2.05, 4.69) is 0 Å². The minimum atomic E-state index is -3.32. The van der Waals surface area contributed by atoms with Crippen LogP contribution in [0.15, 0.2) is 36.4 Å². The van der Waals surface area contributed by atoms with Gasteiger partial charge in [0.25, 0.3) is 0 Å². The number of unbranched alkanes of at least 4 members (excludes halogenated alkanes) is 1. The summed E-state index contributed by atoms with van der Waals surface area (Å²) in [6.07, 6.45) is 6.14. The van der Waals surface area contributed by atoms with Crippen LogP contribution in [0.5, 0.6) is 5.75 Å². The van der Waals surface area contributed by atoms with Crippen molar-refractivity contribution in [3.05, 3.63) is 42.0 Å². The number of allylic oxidation sites excluding steroid dienone is 2. The van der Waals surface area contributed by atoms with Crippen LogP contribution in [0.1, 0.15) is 18.4 Å². The molecule has 1 aromatic rings. The van der Waals surface area contributed by atoms with E-state index in [0.29, 0.717) is 6.42 Å². The second-order valence-corrected chi connectivity index (χ2v) is 5.77. The van der Waals surface area contributed by atoms with Gasteiger partial charge in [0.15, 0.2) is 0 Å². The Hall–Kier alpha value is -1.33. The number of primary sulfonamides is 1. The van der Waals surface area contributed by atoms with E-state index in [1.807, 2.05) is 36.4 Å². The molecule has 2 N–H and O–H groups in total. The third-order valence-corrected chi connectivity index (χ3v) is 3.34. The minimum absolute atomic E-state index is 0.0415. The number of nitrogens with two attached hydrogens (primary N) is 1. The molecule has 0 amide bonds. The fraction of sp³-hybridized carbons (Fsp3) is 0.385. The number of hydrogen-bond donors (Lipinski definition) is 1. The first kappa shape index (κ1) is 14.7. The Labute approximate surface area is 109 Å². The maximum absolute atomic E-state index is 10.7. The zero-order chi connectivity index (χ0) is 13.4. The fourth-order valence-electron chi connectivity index (χ4n) is 1.50. The van der Waals surface area contributed by atoms with Gasteiger partial charge in [0.2, 0.25) is 10.0 Å². The number of benzene rings is 1. The predicted molar refractivity (Wildman–Crippen MR) is 73.0 cm³/mol. The first-order chi connectivity index (χ1) is 8.51. The van der Waals surface area contributed by atoms with Crippen molar-refractivity contribution in [3.63, 3.8) is 0 Å². The third-order valence-electron chi connectivity index (χ3n) is 2.48. The van der Waals surface area contributed by atoms with E-state index in [1.54, 1.807) is 7.11 Å². The Morgan fingerprint density at radius 1 is 1.22 bits per heavy atom. The Morgan fingerprint density at radius 3 is 2.44 bits per heavy atom. The van der Waals surface area contributed by atoms with Crippen molar-refractivity contribution in [2.24, 2.45) is 5.14 Å². The summed E-state index contributed by atoms with van der Waals surface area (Å²) in [4.78, 5) is 0. The lowest BCUT2D eigenvalue weighted by atomic mass is 10.1. The molecule has 0 aliphatic rings. The van der Waals surface area contributed by atoms with E-state index >= 15 is 0 Å². The Kier molecular flexibility index (Phi) is 5.88. The van der Waals surface area contributed by atoms with Gasteiger partial charge in [-0.2, -0.15) is 0 Å². The lowest BCUT2D eigenvalue weighted by Gasteiger charge is -2.00. The molecule has 0 saturated carbocycles. The zero-order valence-electron chi connectivity index (χ0n) is 10.5. The molecule has 0 aliphatic heterocycles. The van der Waals surface area contributed by atoms with Crippen LogP contribution in [-0.2, 0) is 16.4 Å². The number of methoxy groups -OCH3 is 1. The van der Waals surface area contributed by atoms with Gasteiger partial charge in [-0.1, -0.05) is 24.3 Å². The second kappa shape index (κ2) is 7.18. The molecular formula is C13H19NO3S. The number of sulfonamides is 1. The molecule has 4 nitrogen and oxygen atoms in total. The van der Waals surface area contributed by atoms with Crippen LogP contribution in [0, 0.1) is 0 Å². The van der Waals surface area contributed by atoms with Gasteiger partial charge in [-0.3, -0.25) is 0 Å². The molecule has 0 bridgehead atoms. The van der Waals surface area contributed by atoms with Gasteiger partial charge in [0.1, 0.15) is 5.75 Å². The normalized spacial score (nSPS) is 11.9. The van der Waals surface area contributed by atoms with Crippen molar-refractivity contribution in [1.29, 1.82) is 0 Å². The van der Waals surface area contributed by atoms with Gasteiger partial charge in [0.05, 0.1) is 12.9 Å². The van der Waals surface area contributed by atoms with Crippen molar-refractivity contribution in [1.82, 2.24) is 0 Å². The van der Waals surface area contributed by atoms with Crippen molar-refractivity contribution >= 4 is 10.0 Å². The van der Waals surface area contributed by atoms with Gasteiger partial charge < -0.3 is 4.74 Å². The zero-order valence-corrected chi connectivity index (χ0v) is 11.3. The molecule has 0 heterocycles. The van der Waals surface area contributed by atoms with Crippen LogP contribution in [-0.4, -0.2) is 21.3 Å². The van der Waals surface area contributed by atoms with Crippen LogP contribution < -0.4 is 9.88 Å². The summed E-state index contributed by atoms with van der Waals surface area (Å²) in [6, 6.07) is 7.86. The maximum atomic E-state index is 10.7. The third kappa shape index (κ3) is 6.42. The Morgan fingerprint density at radius 2 is 1.89 bits per heavy atom. The van der Waals surface area contributed by atoms with Crippen LogP contribution >= 0.6 is 0 Å². The summed E-state index contributed by atoms with van der Waals surface area (Å²) in [5, 5.41) is 4.90. The molecule has 0 fully saturated rings. The van der Waals surface area contributed by atoms with E-state index in [4.69, 9.17) is 9.88 Å². The molecule has 0 aliphatic carbocycles. The highest BCUT2D eigenvalue weighted by molar-refractivity contribution is 7.89. The highest BCUT2D eigenvalue weighted by Gasteiger charge is 1.99. The predicted octanol–water partition coefficient (Wildman–Crippen LogP) is 1.86. The lowest BCUT2D eigenvalue weighted by Crippen LogP contribution is -2.15. The molecule has 18 heavy (non-hydrogen) atoms. The van der Waals surface area contributed by atoms with E-state index in [1.165, 1.54) is 5.56 Å². The van der Waals surface area contributed by atoms with E-state index < -0.39 is 10.0 Å². The highest BCUT2D eigenvalue weighted by Crippen LogP contribution is 2.11. The van der Waals surface area contributed by atoms with Crippen LogP contribution in [0.25, 0.3) is 0 Å².